The Kier molecular flexibility index (Phi) is 2.42. The summed E-state index contributed by atoms with van der Waals surface area (Å²) in [5.74, 6) is 0. The fourth-order valence-corrected chi connectivity index (χ4v) is 3.45. The molecule has 1 N–H and O–H groups in total. The third-order valence-corrected chi connectivity index (χ3v) is 4.52. The minimum absolute atomic E-state index is 0.138. The second-order valence-electron chi connectivity index (χ2n) is 4.37. The van der Waals surface area contributed by atoms with E-state index in [1.807, 2.05) is 30.3 Å². The summed E-state index contributed by atoms with van der Waals surface area (Å²) in [7, 11) is -3.37. The van der Waals surface area contributed by atoms with Crippen LogP contribution in [0.5, 0.6) is 0 Å². The molecule has 0 amide bonds. The summed E-state index contributed by atoms with van der Waals surface area (Å²) >= 11 is 0. The molecule has 0 saturated heterocycles. The minimum Gasteiger partial charge on any atom is -0.208 e. The average molecular weight is 247 g/mol. The summed E-state index contributed by atoms with van der Waals surface area (Å²) < 4.78 is 27.1. The Balaban J connectivity index is 2.16. The number of nitrogens with one attached hydrogen (secondary N) is 1. The smallest absolute Gasteiger partial charge is 0.208 e. The first kappa shape index (κ1) is 10.7. The molecular weight excluding hydrogens is 234 g/mol. The summed E-state index contributed by atoms with van der Waals surface area (Å²) in [6.07, 6.45) is 1.90. The SMILES string of the molecule is O=S(=O)(NC1CC1)c1cccc2ccccc12. The van der Waals surface area contributed by atoms with E-state index in [-0.39, 0.29) is 6.04 Å². The van der Waals surface area contributed by atoms with Gasteiger partial charge in [-0.2, -0.15) is 0 Å². The van der Waals surface area contributed by atoms with Gasteiger partial charge in [0, 0.05) is 11.4 Å². The molecule has 0 bridgehead atoms. The maximum Gasteiger partial charge on any atom is 0.241 e. The van der Waals surface area contributed by atoms with E-state index in [2.05, 4.69) is 4.72 Å². The monoisotopic (exact) mass is 247 g/mol. The van der Waals surface area contributed by atoms with E-state index >= 15 is 0 Å². The maximum atomic E-state index is 12.2. The van der Waals surface area contributed by atoms with Crippen molar-refractivity contribution in [2.24, 2.45) is 0 Å². The highest BCUT2D eigenvalue weighted by atomic mass is 32.2. The highest BCUT2D eigenvalue weighted by Crippen LogP contribution is 2.26. The molecule has 1 fully saturated rings. The third kappa shape index (κ3) is 2.06. The largest absolute Gasteiger partial charge is 0.241 e. The van der Waals surface area contributed by atoms with Gasteiger partial charge in [0.2, 0.25) is 10.0 Å². The molecule has 1 saturated carbocycles. The van der Waals surface area contributed by atoms with Crippen LogP contribution in [0.25, 0.3) is 10.8 Å². The van der Waals surface area contributed by atoms with Crippen LogP contribution in [0.1, 0.15) is 12.8 Å². The van der Waals surface area contributed by atoms with Gasteiger partial charge in [-0.1, -0.05) is 36.4 Å². The van der Waals surface area contributed by atoms with E-state index in [1.165, 1.54) is 0 Å². The van der Waals surface area contributed by atoms with Crippen molar-refractivity contribution in [2.45, 2.75) is 23.8 Å². The predicted octanol–water partition coefficient (Wildman–Crippen LogP) is 2.28. The van der Waals surface area contributed by atoms with E-state index in [0.29, 0.717) is 4.90 Å². The summed E-state index contributed by atoms with van der Waals surface area (Å²) in [4.78, 5) is 0.377. The zero-order valence-corrected chi connectivity index (χ0v) is 10.1. The Bertz CT molecular complexity index is 655. The topological polar surface area (TPSA) is 46.2 Å². The van der Waals surface area contributed by atoms with Crippen LogP contribution >= 0.6 is 0 Å². The van der Waals surface area contributed by atoms with Gasteiger partial charge in [-0.15, -0.1) is 0 Å². The molecule has 1 aliphatic rings. The molecule has 3 nitrogen and oxygen atoms in total. The van der Waals surface area contributed by atoms with Crippen molar-refractivity contribution in [3.8, 4) is 0 Å². The van der Waals surface area contributed by atoms with Crippen molar-refractivity contribution in [1.82, 2.24) is 4.72 Å². The molecule has 17 heavy (non-hydrogen) atoms. The fraction of sp³-hybridized carbons (Fsp3) is 0.231. The summed E-state index contributed by atoms with van der Waals surface area (Å²) in [6.45, 7) is 0. The zero-order chi connectivity index (χ0) is 11.9. The van der Waals surface area contributed by atoms with Crippen molar-refractivity contribution in [3.63, 3.8) is 0 Å². The molecule has 0 atom stereocenters. The van der Waals surface area contributed by atoms with Gasteiger partial charge >= 0.3 is 0 Å². The lowest BCUT2D eigenvalue weighted by atomic mass is 10.1. The zero-order valence-electron chi connectivity index (χ0n) is 9.26. The van der Waals surface area contributed by atoms with E-state index in [9.17, 15) is 8.42 Å². The van der Waals surface area contributed by atoms with Crippen LogP contribution in [0.3, 0.4) is 0 Å². The van der Waals surface area contributed by atoms with E-state index in [4.69, 9.17) is 0 Å². The Morgan fingerprint density at radius 2 is 1.71 bits per heavy atom. The quantitative estimate of drug-likeness (QED) is 0.904. The molecule has 4 heteroatoms. The Hall–Kier alpha value is -1.39. The van der Waals surface area contributed by atoms with Crippen LogP contribution in [-0.2, 0) is 10.0 Å². The number of benzene rings is 2. The number of sulfonamides is 1. The third-order valence-electron chi connectivity index (χ3n) is 2.94. The first-order valence-corrected chi connectivity index (χ1v) is 7.15. The highest BCUT2D eigenvalue weighted by Gasteiger charge is 2.28. The Labute approximate surface area is 101 Å². The van der Waals surface area contributed by atoms with Gasteiger partial charge in [0.05, 0.1) is 4.90 Å². The summed E-state index contributed by atoms with van der Waals surface area (Å²) in [5.41, 5.74) is 0. The second kappa shape index (κ2) is 3.82. The second-order valence-corrected chi connectivity index (χ2v) is 6.06. The minimum atomic E-state index is -3.37. The van der Waals surface area contributed by atoms with Crippen LogP contribution in [-0.4, -0.2) is 14.5 Å². The van der Waals surface area contributed by atoms with E-state index in [0.717, 1.165) is 23.6 Å². The first-order valence-electron chi connectivity index (χ1n) is 5.67. The van der Waals surface area contributed by atoms with Crippen molar-refractivity contribution < 1.29 is 8.42 Å². The van der Waals surface area contributed by atoms with Gasteiger partial charge in [-0.3, -0.25) is 0 Å². The predicted molar refractivity (Wildman–Crippen MR) is 67.3 cm³/mol. The van der Waals surface area contributed by atoms with E-state index < -0.39 is 10.0 Å². The molecule has 3 rings (SSSR count). The molecule has 2 aromatic carbocycles. The lowest BCUT2D eigenvalue weighted by Crippen LogP contribution is -2.25. The van der Waals surface area contributed by atoms with Gasteiger partial charge in [-0.05, 0) is 24.3 Å². The van der Waals surface area contributed by atoms with E-state index in [1.54, 1.807) is 12.1 Å². The highest BCUT2D eigenvalue weighted by molar-refractivity contribution is 7.89. The van der Waals surface area contributed by atoms with Crippen molar-refractivity contribution in [1.29, 1.82) is 0 Å². The molecule has 0 spiro atoms. The molecular formula is C13H13NO2S. The maximum absolute atomic E-state index is 12.2. The molecule has 0 aliphatic heterocycles. The van der Waals surface area contributed by atoms with Crippen molar-refractivity contribution in [2.75, 3.05) is 0 Å². The van der Waals surface area contributed by atoms with Crippen LogP contribution in [0.4, 0.5) is 0 Å². The molecule has 0 unspecified atom stereocenters. The Morgan fingerprint density at radius 3 is 2.47 bits per heavy atom. The van der Waals surface area contributed by atoms with Gasteiger partial charge < -0.3 is 0 Å². The standard InChI is InChI=1S/C13H13NO2S/c15-17(16,14-11-8-9-11)13-7-3-5-10-4-1-2-6-12(10)13/h1-7,11,14H,8-9H2. The van der Waals surface area contributed by atoms with Crippen LogP contribution in [0.2, 0.25) is 0 Å². The first-order chi connectivity index (χ1) is 8.17. The van der Waals surface area contributed by atoms with Gasteiger partial charge in [0.25, 0.3) is 0 Å². The molecule has 1 aliphatic carbocycles. The fourth-order valence-electron chi connectivity index (χ4n) is 1.91. The van der Waals surface area contributed by atoms with Gasteiger partial charge in [-0.25, -0.2) is 13.1 Å². The lowest BCUT2D eigenvalue weighted by molar-refractivity contribution is 0.582. The number of fused-ring (bicyclic) bond motifs is 1. The number of rotatable bonds is 3. The molecule has 0 aromatic heterocycles. The lowest BCUT2D eigenvalue weighted by Gasteiger charge is -2.08. The average Bonchev–Trinajstić information content (AvgIpc) is 3.11. The normalized spacial score (nSPS) is 16.2. The van der Waals surface area contributed by atoms with Gasteiger partial charge in [0.1, 0.15) is 0 Å². The Morgan fingerprint density at radius 1 is 1.00 bits per heavy atom. The van der Waals surface area contributed by atoms with Crippen LogP contribution < -0.4 is 4.72 Å². The number of hydrogen-bond donors (Lipinski definition) is 1. The molecule has 0 radical (unpaired) electrons. The summed E-state index contributed by atoms with van der Waals surface area (Å²) in [6, 6.07) is 13.0. The van der Waals surface area contributed by atoms with Crippen molar-refractivity contribution in [3.05, 3.63) is 42.5 Å². The summed E-state index contributed by atoms with van der Waals surface area (Å²) in [5, 5.41) is 1.73. The number of hydrogen-bond acceptors (Lipinski definition) is 2. The van der Waals surface area contributed by atoms with Crippen LogP contribution in [0, 0.1) is 0 Å². The van der Waals surface area contributed by atoms with Crippen LogP contribution in [0.15, 0.2) is 47.4 Å². The van der Waals surface area contributed by atoms with Crippen molar-refractivity contribution >= 4 is 20.8 Å². The van der Waals surface area contributed by atoms with Gasteiger partial charge in [0.15, 0.2) is 0 Å². The molecule has 0 heterocycles. The molecule has 2 aromatic rings. The molecule has 88 valence electrons.